The number of carbonyl (C=O) groups is 1. The number of rotatable bonds is 2. The first-order valence-electron chi connectivity index (χ1n) is 3.37. The van der Waals surface area contributed by atoms with Crippen LogP contribution in [0.3, 0.4) is 0 Å². The van der Waals surface area contributed by atoms with E-state index in [1.165, 1.54) is 7.11 Å². The number of ether oxygens (including phenoxy) is 1. The molecule has 0 unspecified atom stereocenters. The maximum absolute atomic E-state index is 10.9. The predicted octanol–water partition coefficient (Wildman–Crippen LogP) is -0.343. The Balaban J connectivity index is 3.10. The van der Waals surface area contributed by atoms with Crippen LogP contribution in [0.15, 0.2) is 4.63 Å². The number of aromatic nitrogens is 2. The second kappa shape index (κ2) is 3.21. The average molecular weight is 172 g/mol. The minimum atomic E-state index is -0.733. The van der Waals surface area contributed by atoms with Crippen LogP contribution in [0.1, 0.15) is 23.1 Å². The smallest absolute Gasteiger partial charge is 0.386 e. The molecule has 0 amide bonds. The van der Waals surface area contributed by atoms with Crippen molar-refractivity contribution >= 4 is 5.97 Å². The first-order chi connectivity index (χ1) is 5.70. The number of esters is 1. The monoisotopic (exact) mass is 172 g/mol. The Bertz CT molecular complexity index is 294. The Morgan fingerprint density at radius 3 is 3.00 bits per heavy atom. The SMILES string of the molecule is CCc1no[n+]([O-])c1C(=O)OC. The van der Waals surface area contributed by atoms with Crippen LogP contribution in [0.25, 0.3) is 0 Å². The van der Waals surface area contributed by atoms with Crippen LogP contribution in [-0.4, -0.2) is 18.2 Å². The molecule has 0 aromatic carbocycles. The standard InChI is InChI=1S/C6H8N2O4/c1-3-4-5(6(9)11-2)8(10)12-7-4/h3H2,1-2H3. The van der Waals surface area contributed by atoms with E-state index in [4.69, 9.17) is 0 Å². The van der Waals surface area contributed by atoms with E-state index in [1.807, 2.05) is 0 Å². The number of nitrogens with zero attached hydrogens (tertiary/aromatic N) is 2. The molecule has 0 spiro atoms. The minimum Gasteiger partial charge on any atom is -0.463 e. The van der Waals surface area contributed by atoms with Crippen molar-refractivity contribution in [2.45, 2.75) is 13.3 Å². The summed E-state index contributed by atoms with van der Waals surface area (Å²) in [7, 11) is 1.19. The third-order valence-electron chi connectivity index (χ3n) is 1.39. The first-order valence-corrected chi connectivity index (χ1v) is 3.37. The molecule has 6 nitrogen and oxygen atoms in total. The molecule has 1 rings (SSSR count). The van der Waals surface area contributed by atoms with Gasteiger partial charge in [-0.2, -0.15) is 0 Å². The summed E-state index contributed by atoms with van der Waals surface area (Å²) in [5.41, 5.74) is 0.122. The van der Waals surface area contributed by atoms with Crippen molar-refractivity contribution in [3.63, 3.8) is 0 Å². The third-order valence-corrected chi connectivity index (χ3v) is 1.39. The number of hydrogen-bond acceptors (Lipinski definition) is 5. The van der Waals surface area contributed by atoms with Gasteiger partial charge in [0.15, 0.2) is 0 Å². The number of carbonyl (C=O) groups excluding carboxylic acids is 1. The summed E-state index contributed by atoms with van der Waals surface area (Å²) in [4.78, 5) is 11.0. The average Bonchev–Trinajstić information content (AvgIpc) is 2.45. The second-order valence-corrected chi connectivity index (χ2v) is 2.07. The van der Waals surface area contributed by atoms with Crippen LogP contribution in [0.4, 0.5) is 0 Å². The van der Waals surface area contributed by atoms with E-state index in [-0.39, 0.29) is 10.6 Å². The molecule has 0 N–H and O–H groups in total. The maximum atomic E-state index is 10.9. The van der Waals surface area contributed by atoms with E-state index in [1.54, 1.807) is 6.92 Å². The Kier molecular flexibility index (Phi) is 2.27. The zero-order chi connectivity index (χ0) is 9.14. The number of aryl methyl sites for hydroxylation is 1. The van der Waals surface area contributed by atoms with Crippen molar-refractivity contribution in [2.75, 3.05) is 7.11 Å². The topological polar surface area (TPSA) is 79.3 Å². The van der Waals surface area contributed by atoms with Gasteiger partial charge in [0.2, 0.25) is 5.69 Å². The molecule has 0 aliphatic heterocycles. The molecule has 0 aliphatic rings. The maximum Gasteiger partial charge on any atom is 0.386 e. The van der Waals surface area contributed by atoms with Gasteiger partial charge in [-0.05, 0) is 4.90 Å². The molecule has 0 saturated heterocycles. The lowest BCUT2D eigenvalue weighted by atomic mass is 10.3. The summed E-state index contributed by atoms with van der Waals surface area (Å²) in [6.45, 7) is 1.75. The summed E-state index contributed by atoms with van der Waals surface area (Å²) in [6.07, 6.45) is 0.448. The first kappa shape index (κ1) is 8.51. The molecule has 6 heteroatoms. The fourth-order valence-corrected chi connectivity index (χ4v) is 0.797. The van der Waals surface area contributed by atoms with E-state index < -0.39 is 5.97 Å². The lowest BCUT2D eigenvalue weighted by Gasteiger charge is -1.93. The van der Waals surface area contributed by atoms with Crippen molar-refractivity contribution < 1.29 is 19.1 Å². The molecular weight excluding hydrogens is 164 g/mol. The van der Waals surface area contributed by atoms with Crippen LogP contribution in [-0.2, 0) is 11.2 Å². The molecule has 66 valence electrons. The quantitative estimate of drug-likeness (QED) is 0.450. The van der Waals surface area contributed by atoms with Crippen LogP contribution in [0, 0.1) is 5.21 Å². The van der Waals surface area contributed by atoms with Crippen molar-refractivity contribution in [3.8, 4) is 0 Å². The Morgan fingerprint density at radius 1 is 1.83 bits per heavy atom. The van der Waals surface area contributed by atoms with Gasteiger partial charge in [0, 0.05) is 11.6 Å². The van der Waals surface area contributed by atoms with Gasteiger partial charge in [0.25, 0.3) is 0 Å². The Labute approximate surface area is 68.3 Å². The summed E-state index contributed by atoms with van der Waals surface area (Å²) in [5.74, 6) is -0.733. The highest BCUT2D eigenvalue weighted by Crippen LogP contribution is 2.02. The molecule has 0 fully saturated rings. The van der Waals surface area contributed by atoms with Crippen molar-refractivity contribution in [1.29, 1.82) is 0 Å². The van der Waals surface area contributed by atoms with Gasteiger partial charge in [-0.1, -0.05) is 6.92 Å². The molecule has 0 aliphatic carbocycles. The van der Waals surface area contributed by atoms with Crippen LogP contribution < -0.4 is 4.90 Å². The summed E-state index contributed by atoms with van der Waals surface area (Å²) < 4.78 is 8.58. The fraction of sp³-hybridized carbons (Fsp3) is 0.500. The molecular formula is C6H8N2O4. The van der Waals surface area contributed by atoms with E-state index in [9.17, 15) is 10.0 Å². The molecule has 1 heterocycles. The molecule has 0 bridgehead atoms. The molecule has 0 saturated carbocycles. The molecule has 1 aromatic heterocycles. The van der Waals surface area contributed by atoms with Gasteiger partial charge < -0.3 is 9.94 Å². The van der Waals surface area contributed by atoms with Crippen molar-refractivity contribution in [3.05, 3.63) is 16.6 Å². The normalized spacial score (nSPS) is 9.83. The van der Waals surface area contributed by atoms with Gasteiger partial charge >= 0.3 is 11.7 Å². The minimum absolute atomic E-state index is 0.0463. The molecule has 0 atom stereocenters. The van der Waals surface area contributed by atoms with Gasteiger partial charge in [-0.15, -0.1) is 0 Å². The van der Waals surface area contributed by atoms with E-state index in [0.717, 1.165) is 0 Å². The summed E-state index contributed by atoms with van der Waals surface area (Å²) in [5, 5.41) is 14.2. The van der Waals surface area contributed by atoms with Crippen LogP contribution >= 0.6 is 0 Å². The van der Waals surface area contributed by atoms with Gasteiger partial charge in [-0.25, -0.2) is 4.79 Å². The zero-order valence-electron chi connectivity index (χ0n) is 6.73. The van der Waals surface area contributed by atoms with E-state index >= 15 is 0 Å². The lowest BCUT2D eigenvalue weighted by molar-refractivity contribution is -0.804. The Morgan fingerprint density at radius 2 is 2.50 bits per heavy atom. The van der Waals surface area contributed by atoms with Crippen molar-refractivity contribution in [2.24, 2.45) is 0 Å². The highest BCUT2D eigenvalue weighted by Gasteiger charge is 2.25. The van der Waals surface area contributed by atoms with Gasteiger partial charge in [0.1, 0.15) is 0 Å². The van der Waals surface area contributed by atoms with E-state index in [0.29, 0.717) is 12.1 Å². The largest absolute Gasteiger partial charge is 0.463 e. The highest BCUT2D eigenvalue weighted by atomic mass is 16.8. The third kappa shape index (κ3) is 1.23. The predicted molar refractivity (Wildman–Crippen MR) is 36.2 cm³/mol. The molecule has 0 radical (unpaired) electrons. The van der Waals surface area contributed by atoms with Crippen molar-refractivity contribution in [1.82, 2.24) is 5.16 Å². The summed E-state index contributed by atoms with van der Waals surface area (Å²) in [6, 6.07) is 0. The number of hydrogen-bond donors (Lipinski definition) is 0. The van der Waals surface area contributed by atoms with E-state index in [2.05, 4.69) is 14.5 Å². The zero-order valence-corrected chi connectivity index (χ0v) is 6.73. The van der Waals surface area contributed by atoms with Gasteiger partial charge in [0.05, 0.1) is 7.11 Å². The Hall–Kier alpha value is -1.59. The fourth-order valence-electron chi connectivity index (χ4n) is 0.797. The molecule has 1 aromatic rings. The van der Waals surface area contributed by atoms with Crippen LogP contribution in [0.5, 0.6) is 0 Å². The number of methoxy groups -OCH3 is 1. The summed E-state index contributed by atoms with van der Waals surface area (Å²) >= 11 is 0. The van der Waals surface area contributed by atoms with Crippen LogP contribution in [0.2, 0.25) is 0 Å². The molecule has 12 heavy (non-hydrogen) atoms. The second-order valence-electron chi connectivity index (χ2n) is 2.07. The van der Waals surface area contributed by atoms with Gasteiger partial charge in [-0.3, -0.25) is 4.63 Å². The lowest BCUT2D eigenvalue weighted by Crippen LogP contribution is -2.32. The highest BCUT2D eigenvalue weighted by molar-refractivity contribution is 5.86.